The maximum absolute atomic E-state index is 6.45. The molecule has 0 heterocycles. The van der Waals surface area contributed by atoms with E-state index in [1.165, 1.54) is 30.4 Å². The van der Waals surface area contributed by atoms with E-state index in [1.54, 1.807) is 5.56 Å². The number of alkyl halides is 1. The van der Waals surface area contributed by atoms with Gasteiger partial charge in [0, 0.05) is 0 Å². The van der Waals surface area contributed by atoms with Gasteiger partial charge in [0.15, 0.2) is 0 Å². The number of hydrogen-bond donors (Lipinski definition) is 0. The van der Waals surface area contributed by atoms with Gasteiger partial charge in [-0.05, 0) is 53.7 Å². The second-order valence-electron chi connectivity index (χ2n) is 6.97. The molecule has 19 heavy (non-hydrogen) atoms. The molecule has 0 nitrogen and oxygen atoms in total. The van der Waals surface area contributed by atoms with Crippen molar-refractivity contribution in [2.45, 2.75) is 57.2 Å². The van der Waals surface area contributed by atoms with Crippen LogP contribution in [0.2, 0.25) is 0 Å². The topological polar surface area (TPSA) is 0 Å². The third-order valence-electron chi connectivity index (χ3n) is 4.65. The molecule has 0 amide bonds. The monoisotopic (exact) mass is 274 g/mol. The molecule has 1 saturated carbocycles. The molecule has 1 fully saturated rings. The lowest BCUT2D eigenvalue weighted by Crippen LogP contribution is -2.22. The second-order valence-corrected chi connectivity index (χ2v) is 7.53. The number of halogens is 1. The van der Waals surface area contributed by atoms with E-state index < -0.39 is 0 Å². The summed E-state index contributed by atoms with van der Waals surface area (Å²) in [7, 11) is 0. The molecule has 1 heteroatoms. The summed E-state index contributed by atoms with van der Waals surface area (Å²) in [5.41, 5.74) is 4.81. The van der Waals surface area contributed by atoms with Gasteiger partial charge in [-0.15, -0.1) is 11.6 Å². The Bertz CT molecular complexity index is 494. The van der Waals surface area contributed by atoms with Crippen molar-refractivity contribution in [3.63, 3.8) is 0 Å². The van der Waals surface area contributed by atoms with Crippen LogP contribution < -0.4 is 0 Å². The fraction of sp³-hybridized carbons (Fsp3) is 0.556. The molecule has 1 atom stereocenters. The Kier molecular flexibility index (Phi) is 3.47. The Balaban J connectivity index is 1.97. The van der Waals surface area contributed by atoms with Crippen LogP contribution >= 0.6 is 11.6 Å². The van der Waals surface area contributed by atoms with Crippen LogP contribution in [0.3, 0.4) is 0 Å². The minimum Gasteiger partial charge on any atom is -0.118 e. The van der Waals surface area contributed by atoms with Crippen LogP contribution in [-0.2, 0) is 0 Å². The molecule has 1 unspecified atom stereocenters. The summed E-state index contributed by atoms with van der Waals surface area (Å²) in [5, 5.41) is 0.188. The molecule has 0 saturated heterocycles. The van der Waals surface area contributed by atoms with E-state index in [4.69, 9.17) is 11.6 Å². The molecule has 1 aromatic rings. The predicted octanol–water partition coefficient (Wildman–Crippen LogP) is 5.76. The third-order valence-corrected chi connectivity index (χ3v) is 4.93. The summed E-state index contributed by atoms with van der Waals surface area (Å²) in [6.07, 6.45) is 8.64. The van der Waals surface area contributed by atoms with Crippen LogP contribution in [0.15, 0.2) is 30.3 Å². The van der Waals surface area contributed by atoms with Gasteiger partial charge in [0.1, 0.15) is 0 Å². The summed E-state index contributed by atoms with van der Waals surface area (Å²) in [5.74, 6) is 0.788. The summed E-state index contributed by atoms with van der Waals surface area (Å²) in [6, 6.07) is 8.97. The standard InChI is InChI=1S/C18H23Cl/c1-18(2)11-14(10-15(19)12-18)17-9-4-3-8-16(17)13-6-5-7-13/h3-4,8-10,13,15H,5-7,11-12H2,1-2H3. The van der Waals surface area contributed by atoms with Gasteiger partial charge in [0.2, 0.25) is 0 Å². The van der Waals surface area contributed by atoms with Gasteiger partial charge >= 0.3 is 0 Å². The van der Waals surface area contributed by atoms with Crippen LogP contribution in [0.5, 0.6) is 0 Å². The maximum atomic E-state index is 6.45. The van der Waals surface area contributed by atoms with E-state index in [0.29, 0.717) is 5.41 Å². The van der Waals surface area contributed by atoms with Crippen molar-refractivity contribution in [2.24, 2.45) is 5.41 Å². The highest BCUT2D eigenvalue weighted by atomic mass is 35.5. The minimum atomic E-state index is 0.188. The number of benzene rings is 1. The van der Waals surface area contributed by atoms with Crippen molar-refractivity contribution >= 4 is 17.2 Å². The van der Waals surface area contributed by atoms with Gasteiger partial charge < -0.3 is 0 Å². The van der Waals surface area contributed by atoms with Gasteiger partial charge in [0.25, 0.3) is 0 Å². The van der Waals surface area contributed by atoms with Gasteiger partial charge in [0.05, 0.1) is 5.38 Å². The third kappa shape index (κ3) is 2.74. The molecule has 0 aliphatic heterocycles. The van der Waals surface area contributed by atoms with Crippen molar-refractivity contribution < 1.29 is 0 Å². The van der Waals surface area contributed by atoms with Crippen molar-refractivity contribution in [3.8, 4) is 0 Å². The van der Waals surface area contributed by atoms with Gasteiger partial charge in [-0.25, -0.2) is 0 Å². The average molecular weight is 275 g/mol. The normalized spacial score (nSPS) is 26.7. The van der Waals surface area contributed by atoms with Gasteiger partial charge in [-0.2, -0.15) is 0 Å². The van der Waals surface area contributed by atoms with Gasteiger partial charge in [-0.1, -0.05) is 50.6 Å². The minimum absolute atomic E-state index is 0.188. The molecule has 0 N–H and O–H groups in total. The van der Waals surface area contributed by atoms with Crippen molar-refractivity contribution in [1.82, 2.24) is 0 Å². The maximum Gasteiger partial charge on any atom is 0.0527 e. The molecular formula is C18H23Cl. The van der Waals surface area contributed by atoms with Crippen LogP contribution in [0.25, 0.3) is 5.57 Å². The summed E-state index contributed by atoms with van der Waals surface area (Å²) in [6.45, 7) is 4.67. The van der Waals surface area contributed by atoms with Crippen LogP contribution in [-0.4, -0.2) is 5.38 Å². The Morgan fingerprint density at radius 1 is 1.16 bits per heavy atom. The summed E-state index contributed by atoms with van der Waals surface area (Å²) >= 11 is 6.45. The zero-order chi connectivity index (χ0) is 13.5. The van der Waals surface area contributed by atoms with E-state index in [1.807, 2.05) is 0 Å². The van der Waals surface area contributed by atoms with E-state index in [9.17, 15) is 0 Å². The highest BCUT2D eigenvalue weighted by molar-refractivity contribution is 6.22. The van der Waals surface area contributed by atoms with E-state index in [2.05, 4.69) is 44.2 Å². The molecule has 0 spiro atoms. The largest absolute Gasteiger partial charge is 0.118 e. The quantitative estimate of drug-likeness (QED) is 0.601. The molecule has 0 radical (unpaired) electrons. The zero-order valence-corrected chi connectivity index (χ0v) is 12.7. The Morgan fingerprint density at radius 3 is 2.53 bits per heavy atom. The van der Waals surface area contributed by atoms with E-state index in [-0.39, 0.29) is 5.38 Å². The fourth-order valence-corrected chi connectivity index (χ4v) is 4.07. The summed E-state index contributed by atoms with van der Waals surface area (Å²) in [4.78, 5) is 0. The first-order chi connectivity index (χ1) is 9.05. The van der Waals surface area contributed by atoms with Gasteiger partial charge in [-0.3, -0.25) is 0 Å². The molecule has 2 aliphatic rings. The summed E-state index contributed by atoms with van der Waals surface area (Å²) < 4.78 is 0. The number of hydrogen-bond acceptors (Lipinski definition) is 0. The van der Waals surface area contributed by atoms with Crippen molar-refractivity contribution in [3.05, 3.63) is 41.5 Å². The Morgan fingerprint density at radius 2 is 1.89 bits per heavy atom. The van der Waals surface area contributed by atoms with E-state index >= 15 is 0 Å². The van der Waals surface area contributed by atoms with Crippen molar-refractivity contribution in [2.75, 3.05) is 0 Å². The van der Waals surface area contributed by atoms with Crippen LogP contribution in [0.4, 0.5) is 0 Å². The molecule has 0 aromatic heterocycles. The molecule has 0 bridgehead atoms. The lowest BCUT2D eigenvalue weighted by Gasteiger charge is -2.35. The molecule has 3 rings (SSSR count). The lowest BCUT2D eigenvalue weighted by molar-refractivity contribution is 0.340. The lowest BCUT2D eigenvalue weighted by atomic mass is 9.72. The first-order valence-corrected chi connectivity index (χ1v) is 7.93. The Labute approximate surface area is 121 Å². The smallest absolute Gasteiger partial charge is 0.0527 e. The first kappa shape index (κ1) is 13.2. The molecule has 1 aromatic carbocycles. The van der Waals surface area contributed by atoms with Crippen molar-refractivity contribution in [1.29, 1.82) is 0 Å². The predicted molar refractivity (Wildman–Crippen MR) is 83.7 cm³/mol. The zero-order valence-electron chi connectivity index (χ0n) is 12.0. The molecule has 2 aliphatic carbocycles. The fourth-order valence-electron chi connectivity index (χ4n) is 3.50. The average Bonchev–Trinajstić information content (AvgIpc) is 2.24. The SMILES string of the molecule is CC1(C)CC(c2ccccc2C2CCC2)=CC(Cl)C1. The molecular weight excluding hydrogens is 252 g/mol. The number of allylic oxidation sites excluding steroid dienone is 2. The van der Waals surface area contributed by atoms with E-state index in [0.717, 1.165) is 18.8 Å². The Hall–Kier alpha value is -0.750. The highest BCUT2D eigenvalue weighted by Gasteiger charge is 2.30. The first-order valence-electron chi connectivity index (χ1n) is 7.49. The second kappa shape index (κ2) is 4.98. The molecule has 102 valence electrons. The van der Waals surface area contributed by atoms with Crippen LogP contribution in [0, 0.1) is 5.41 Å². The number of rotatable bonds is 2. The van der Waals surface area contributed by atoms with Crippen LogP contribution in [0.1, 0.15) is 63.0 Å². The highest BCUT2D eigenvalue weighted by Crippen LogP contribution is 2.45.